The maximum absolute atomic E-state index is 13.6. The van der Waals surface area contributed by atoms with Crippen molar-refractivity contribution in [1.29, 1.82) is 0 Å². The van der Waals surface area contributed by atoms with Crippen molar-refractivity contribution >= 4 is 35.0 Å². The predicted octanol–water partition coefficient (Wildman–Crippen LogP) is 9.75. The Kier molecular flexibility index (Phi) is 21.5. The summed E-state index contributed by atoms with van der Waals surface area (Å²) in [5.41, 5.74) is 24.6. The molecule has 47 heavy (non-hydrogen) atoms. The molecule has 1 aromatic heterocycles. The molecule has 1 fully saturated rings. The number of pyridine rings is 1. The van der Waals surface area contributed by atoms with Gasteiger partial charge in [-0.2, -0.15) is 0 Å². The highest BCUT2D eigenvalue weighted by Crippen LogP contribution is 2.40. The minimum atomic E-state index is -0.559. The van der Waals surface area contributed by atoms with Gasteiger partial charge in [-0.05, 0) is 113 Å². The SMILES string of the molecule is C#CN.C/C=C\NCCc1cc(C)c(OCC)c(-c2ccc(F)c(Cl)c2Cl)n1.CC.CC.Cc1cc(C)c(N)c(/C=C(\N)C2CC2)c1. The number of halogens is 3. The zero-order valence-electron chi connectivity index (χ0n) is 29.5. The number of hydrogen-bond acceptors (Lipinski definition) is 6. The Bertz CT molecular complexity index is 1490. The second-order valence-electron chi connectivity index (χ2n) is 10.1. The Morgan fingerprint density at radius 2 is 1.70 bits per heavy atom. The van der Waals surface area contributed by atoms with E-state index in [1.807, 2.05) is 79.8 Å². The fourth-order valence-corrected chi connectivity index (χ4v) is 4.73. The van der Waals surface area contributed by atoms with Gasteiger partial charge in [-0.3, -0.25) is 0 Å². The van der Waals surface area contributed by atoms with Gasteiger partial charge >= 0.3 is 0 Å². The third kappa shape index (κ3) is 14.2. The van der Waals surface area contributed by atoms with Gasteiger partial charge in [0.2, 0.25) is 0 Å². The Balaban J connectivity index is 0.000000815. The minimum Gasteiger partial charge on any atom is -0.491 e. The van der Waals surface area contributed by atoms with E-state index in [4.69, 9.17) is 44.4 Å². The highest BCUT2D eigenvalue weighted by molar-refractivity contribution is 6.43. The van der Waals surface area contributed by atoms with Gasteiger partial charge in [0, 0.05) is 35.6 Å². The Morgan fingerprint density at radius 1 is 1.09 bits per heavy atom. The molecule has 0 spiro atoms. The van der Waals surface area contributed by atoms with Crippen molar-refractivity contribution in [3.8, 4) is 29.5 Å². The summed E-state index contributed by atoms with van der Waals surface area (Å²) in [6, 6.07) is 10.8. The van der Waals surface area contributed by atoms with Crippen molar-refractivity contribution in [3.63, 3.8) is 0 Å². The smallest absolute Gasteiger partial charge is 0.148 e. The van der Waals surface area contributed by atoms with Crippen molar-refractivity contribution < 1.29 is 9.13 Å². The van der Waals surface area contributed by atoms with E-state index in [9.17, 15) is 4.39 Å². The summed E-state index contributed by atoms with van der Waals surface area (Å²) in [5, 5.41) is 3.21. The number of anilines is 1. The topological polar surface area (TPSA) is 112 Å². The van der Waals surface area contributed by atoms with Gasteiger partial charge in [0.15, 0.2) is 0 Å². The highest BCUT2D eigenvalue weighted by Gasteiger charge is 2.24. The van der Waals surface area contributed by atoms with Crippen LogP contribution < -0.4 is 27.3 Å². The van der Waals surface area contributed by atoms with Crippen LogP contribution in [-0.2, 0) is 6.42 Å². The summed E-state index contributed by atoms with van der Waals surface area (Å²) in [4.78, 5) is 4.70. The zero-order valence-corrected chi connectivity index (χ0v) is 31.0. The molecule has 0 bridgehead atoms. The summed E-state index contributed by atoms with van der Waals surface area (Å²) in [6.45, 7) is 19.2. The summed E-state index contributed by atoms with van der Waals surface area (Å²) in [6.07, 6.45) is 13.4. The van der Waals surface area contributed by atoms with Crippen molar-refractivity contribution in [2.24, 2.45) is 17.4 Å². The molecule has 2 aromatic carbocycles. The molecular weight excluding hydrogens is 632 g/mol. The molecule has 6 nitrogen and oxygen atoms in total. The largest absolute Gasteiger partial charge is 0.491 e. The zero-order chi connectivity index (χ0) is 36.1. The molecule has 0 amide bonds. The Hall–Kier alpha value is -3.86. The van der Waals surface area contributed by atoms with E-state index in [0.717, 1.165) is 46.7 Å². The van der Waals surface area contributed by atoms with Crippen LogP contribution in [0.4, 0.5) is 10.1 Å². The molecule has 0 atom stereocenters. The molecule has 3 aromatic rings. The molecule has 4 rings (SSSR count). The number of aromatic nitrogens is 1. The number of nitrogens with two attached hydrogens (primary N) is 3. The number of ether oxygens (including phenoxy) is 1. The number of allylic oxidation sites excluding steroid dienone is 2. The highest BCUT2D eigenvalue weighted by atomic mass is 35.5. The van der Waals surface area contributed by atoms with E-state index in [1.54, 1.807) is 12.1 Å². The van der Waals surface area contributed by atoms with Gasteiger partial charge in [-0.1, -0.05) is 75.0 Å². The molecule has 258 valence electrons. The van der Waals surface area contributed by atoms with Crippen LogP contribution in [0.2, 0.25) is 10.0 Å². The van der Waals surface area contributed by atoms with Crippen LogP contribution >= 0.6 is 23.2 Å². The Labute approximate surface area is 293 Å². The van der Waals surface area contributed by atoms with Crippen LogP contribution in [0.1, 0.15) is 82.3 Å². The monoisotopic (exact) mass is 685 g/mol. The normalized spacial score (nSPS) is 11.7. The van der Waals surface area contributed by atoms with Gasteiger partial charge in [0.1, 0.15) is 17.3 Å². The number of terminal acetylenes is 1. The molecule has 0 aliphatic heterocycles. The lowest BCUT2D eigenvalue weighted by Crippen LogP contribution is -2.11. The van der Waals surface area contributed by atoms with Gasteiger partial charge in [0.05, 0.1) is 16.7 Å². The molecule has 1 saturated carbocycles. The molecule has 1 aliphatic rings. The number of nitrogen functional groups attached to an aromatic ring is 1. The first-order chi connectivity index (χ1) is 22.5. The summed E-state index contributed by atoms with van der Waals surface area (Å²) < 4.78 is 19.4. The number of aryl methyl sites for hydroxylation is 3. The lowest BCUT2D eigenvalue weighted by molar-refractivity contribution is 0.338. The standard InChI is InChI=1S/C19H21Cl2FN2O.C13H18N2.C2H3N.2C2H6/c1-4-9-23-10-8-13-11-12(3)19(25-5-2)18(24-13)14-6-7-15(22)17(21)16(14)20;1-8-5-9(2)13(15)11(6-8)7-12(14)10-3-4-10;1-2-3;2*1-2/h4,6-7,9,11,23H,5,8,10H2,1-3H3;5-7,10H,3-4,14-15H2,1-2H3;1H,3H2;2*1-2H3/b9-4-;12-7-;;;. The second-order valence-corrected chi connectivity index (χ2v) is 10.9. The quantitative estimate of drug-likeness (QED) is 0.0586. The first-order valence-electron chi connectivity index (χ1n) is 16.1. The molecule has 0 saturated heterocycles. The van der Waals surface area contributed by atoms with E-state index < -0.39 is 5.82 Å². The summed E-state index contributed by atoms with van der Waals surface area (Å²) >= 11 is 12.2. The van der Waals surface area contributed by atoms with E-state index in [0.29, 0.717) is 29.5 Å². The van der Waals surface area contributed by atoms with E-state index in [1.165, 1.54) is 24.5 Å². The first-order valence-corrected chi connectivity index (χ1v) is 16.9. The van der Waals surface area contributed by atoms with Crippen LogP contribution in [0.5, 0.6) is 5.75 Å². The number of nitrogens with zero attached hydrogens (tertiary/aromatic N) is 1. The molecular formula is C38H54Cl2FN5O. The maximum atomic E-state index is 13.6. The molecule has 0 radical (unpaired) electrons. The number of benzene rings is 2. The summed E-state index contributed by atoms with van der Waals surface area (Å²) in [5.74, 6) is 0.680. The maximum Gasteiger partial charge on any atom is 0.148 e. The molecule has 7 N–H and O–H groups in total. The lowest BCUT2D eigenvalue weighted by Gasteiger charge is -2.16. The lowest BCUT2D eigenvalue weighted by atomic mass is 10.0. The number of hydrogen-bond donors (Lipinski definition) is 4. The first kappa shape index (κ1) is 43.1. The van der Waals surface area contributed by atoms with Gasteiger partial charge in [-0.15, -0.1) is 0 Å². The van der Waals surface area contributed by atoms with E-state index >= 15 is 0 Å². The third-order valence-corrected chi connectivity index (χ3v) is 7.39. The fraction of sp³-hybridized carbons (Fsp3) is 0.395. The van der Waals surface area contributed by atoms with Crippen LogP contribution in [0, 0.1) is 45.0 Å². The van der Waals surface area contributed by atoms with Crippen LogP contribution in [0.25, 0.3) is 17.3 Å². The average Bonchev–Trinajstić information content (AvgIpc) is 3.91. The van der Waals surface area contributed by atoms with E-state index in [-0.39, 0.29) is 10.0 Å². The van der Waals surface area contributed by atoms with Crippen molar-refractivity contribution in [2.75, 3.05) is 18.9 Å². The van der Waals surface area contributed by atoms with E-state index in [2.05, 4.69) is 36.5 Å². The van der Waals surface area contributed by atoms with Gasteiger partial charge < -0.3 is 27.3 Å². The molecule has 1 aliphatic carbocycles. The molecule has 0 unspecified atom stereocenters. The average molecular weight is 687 g/mol. The summed E-state index contributed by atoms with van der Waals surface area (Å²) in [7, 11) is 0. The number of rotatable bonds is 9. The molecule has 9 heteroatoms. The molecule has 1 heterocycles. The van der Waals surface area contributed by atoms with Crippen LogP contribution in [0.15, 0.2) is 48.3 Å². The fourth-order valence-electron chi connectivity index (χ4n) is 4.32. The predicted molar refractivity (Wildman–Crippen MR) is 203 cm³/mol. The van der Waals surface area contributed by atoms with Crippen molar-refractivity contribution in [1.82, 2.24) is 10.3 Å². The Morgan fingerprint density at radius 3 is 2.26 bits per heavy atom. The van der Waals surface area contributed by atoms with Crippen molar-refractivity contribution in [2.45, 2.75) is 81.6 Å². The van der Waals surface area contributed by atoms with Crippen LogP contribution in [0.3, 0.4) is 0 Å². The van der Waals surface area contributed by atoms with Crippen LogP contribution in [-0.4, -0.2) is 18.1 Å². The number of nitrogens with one attached hydrogen (secondary N) is 1. The minimum absolute atomic E-state index is 0.110. The third-order valence-electron chi connectivity index (χ3n) is 6.53. The van der Waals surface area contributed by atoms with Gasteiger partial charge in [0.25, 0.3) is 0 Å². The second kappa shape index (κ2) is 23.5. The van der Waals surface area contributed by atoms with Gasteiger partial charge in [-0.25, -0.2) is 9.37 Å². The van der Waals surface area contributed by atoms with Crippen molar-refractivity contribution in [3.05, 3.63) is 92.1 Å².